The fourth-order valence-electron chi connectivity index (χ4n) is 0.708. The molecule has 0 rings (SSSR count). The molecule has 1 amide bonds. The lowest BCUT2D eigenvalue weighted by Crippen LogP contribution is -2.20. The molecular weight excluding hydrogens is 138 g/mol. The molecule has 0 bridgehead atoms. The largest absolute Gasteiger partial charge is 0.351 e. The van der Waals surface area contributed by atoms with Crippen LogP contribution in [0.3, 0.4) is 0 Å². The molecule has 0 saturated carbocycles. The minimum absolute atomic E-state index is 0.139. The van der Waals surface area contributed by atoms with Crippen LogP contribution in [0.1, 0.15) is 40.0 Å². The summed E-state index contributed by atoms with van der Waals surface area (Å²) in [5.74, 6) is 0.753. The summed E-state index contributed by atoms with van der Waals surface area (Å²) < 4.78 is 0. The van der Waals surface area contributed by atoms with E-state index in [1.807, 2.05) is 6.92 Å². The fraction of sp³-hybridized carbons (Fsp3) is 0.778. The molecule has 65 valence electrons. The van der Waals surface area contributed by atoms with Crippen molar-refractivity contribution in [2.75, 3.05) is 0 Å². The van der Waals surface area contributed by atoms with Gasteiger partial charge in [-0.15, -0.1) is 0 Å². The molecule has 1 radical (unpaired) electrons. The second-order valence-electron chi connectivity index (χ2n) is 3.11. The number of rotatable bonds is 5. The van der Waals surface area contributed by atoms with E-state index < -0.39 is 0 Å². The first kappa shape index (κ1) is 10.5. The van der Waals surface area contributed by atoms with Crippen LogP contribution in [0.5, 0.6) is 0 Å². The second kappa shape index (κ2) is 6.20. The maximum Gasteiger partial charge on any atom is 0.220 e. The van der Waals surface area contributed by atoms with Crippen molar-refractivity contribution in [1.82, 2.24) is 5.32 Å². The van der Waals surface area contributed by atoms with E-state index in [1.165, 1.54) is 0 Å². The summed E-state index contributed by atoms with van der Waals surface area (Å²) >= 11 is 0. The Kier molecular flexibility index (Phi) is 5.90. The number of hydrogen-bond donors (Lipinski definition) is 1. The van der Waals surface area contributed by atoms with E-state index in [2.05, 4.69) is 19.2 Å². The first-order valence-electron chi connectivity index (χ1n) is 4.27. The third-order valence-corrected chi connectivity index (χ3v) is 1.42. The highest BCUT2D eigenvalue weighted by molar-refractivity contribution is 5.76. The second-order valence-corrected chi connectivity index (χ2v) is 3.11. The number of amides is 1. The van der Waals surface area contributed by atoms with Gasteiger partial charge in [0.25, 0.3) is 0 Å². The van der Waals surface area contributed by atoms with Gasteiger partial charge >= 0.3 is 0 Å². The summed E-state index contributed by atoms with van der Waals surface area (Å²) in [5.41, 5.74) is 0. The van der Waals surface area contributed by atoms with Crippen LogP contribution in [0.25, 0.3) is 0 Å². The van der Waals surface area contributed by atoms with Crippen molar-refractivity contribution >= 4 is 5.91 Å². The van der Waals surface area contributed by atoms with E-state index in [0.29, 0.717) is 12.3 Å². The van der Waals surface area contributed by atoms with E-state index >= 15 is 0 Å². The molecule has 2 nitrogen and oxygen atoms in total. The Morgan fingerprint density at radius 1 is 1.55 bits per heavy atom. The van der Waals surface area contributed by atoms with Gasteiger partial charge in [-0.1, -0.05) is 20.8 Å². The minimum atomic E-state index is 0.139. The van der Waals surface area contributed by atoms with Crippen molar-refractivity contribution in [3.63, 3.8) is 0 Å². The molecule has 0 aliphatic rings. The van der Waals surface area contributed by atoms with E-state index in [0.717, 1.165) is 12.8 Å². The van der Waals surface area contributed by atoms with Gasteiger partial charge in [0.1, 0.15) is 0 Å². The van der Waals surface area contributed by atoms with E-state index in [1.54, 1.807) is 6.54 Å². The average Bonchev–Trinajstić information content (AvgIpc) is 1.97. The van der Waals surface area contributed by atoms with Crippen molar-refractivity contribution in [3.8, 4) is 0 Å². The molecule has 11 heavy (non-hydrogen) atoms. The predicted octanol–water partition coefficient (Wildman–Crippen LogP) is 2.11. The Hall–Kier alpha value is -0.530. The van der Waals surface area contributed by atoms with Gasteiger partial charge < -0.3 is 5.32 Å². The number of carbonyl (C=O) groups excluding carboxylic acids is 1. The van der Waals surface area contributed by atoms with E-state index in [4.69, 9.17) is 0 Å². The molecular formula is C9H18NO. The van der Waals surface area contributed by atoms with Gasteiger partial charge in [0, 0.05) is 13.0 Å². The van der Waals surface area contributed by atoms with Crippen LogP contribution in [-0.4, -0.2) is 5.91 Å². The van der Waals surface area contributed by atoms with Crippen LogP contribution in [0.2, 0.25) is 0 Å². The first-order chi connectivity index (χ1) is 5.16. The van der Waals surface area contributed by atoms with Crippen molar-refractivity contribution in [2.45, 2.75) is 40.0 Å². The molecule has 0 aromatic carbocycles. The third-order valence-electron chi connectivity index (χ3n) is 1.42. The van der Waals surface area contributed by atoms with Gasteiger partial charge in [0.2, 0.25) is 5.91 Å². The average molecular weight is 156 g/mol. The molecule has 0 atom stereocenters. The summed E-state index contributed by atoms with van der Waals surface area (Å²) in [6.07, 6.45) is 2.52. The van der Waals surface area contributed by atoms with Crippen LogP contribution in [-0.2, 0) is 4.79 Å². The van der Waals surface area contributed by atoms with Gasteiger partial charge in [-0.05, 0) is 18.8 Å². The summed E-state index contributed by atoms with van der Waals surface area (Å²) in [6, 6.07) is 0. The van der Waals surface area contributed by atoms with Gasteiger partial charge in [0.05, 0.1) is 0 Å². The van der Waals surface area contributed by atoms with Crippen LogP contribution in [0.15, 0.2) is 0 Å². The third kappa shape index (κ3) is 7.37. The molecule has 0 fully saturated rings. The normalized spacial score (nSPS) is 10.2. The van der Waals surface area contributed by atoms with E-state index in [9.17, 15) is 4.79 Å². The van der Waals surface area contributed by atoms with Gasteiger partial charge in [0.15, 0.2) is 0 Å². The quantitative estimate of drug-likeness (QED) is 0.649. The fourth-order valence-corrected chi connectivity index (χ4v) is 0.708. The van der Waals surface area contributed by atoms with Crippen molar-refractivity contribution in [1.29, 1.82) is 0 Å². The highest BCUT2D eigenvalue weighted by atomic mass is 16.1. The SMILES string of the molecule is CC[CH]NC(=O)CCC(C)C. The number of nitrogens with one attached hydrogen (secondary N) is 1. The molecule has 0 spiro atoms. The molecule has 0 unspecified atom stereocenters. The van der Waals surface area contributed by atoms with Crippen LogP contribution in [0, 0.1) is 12.5 Å². The lowest BCUT2D eigenvalue weighted by Gasteiger charge is -2.04. The topological polar surface area (TPSA) is 29.1 Å². The highest BCUT2D eigenvalue weighted by Crippen LogP contribution is 2.02. The van der Waals surface area contributed by atoms with Gasteiger partial charge in [-0.2, -0.15) is 0 Å². The minimum Gasteiger partial charge on any atom is -0.351 e. The van der Waals surface area contributed by atoms with E-state index in [-0.39, 0.29) is 5.91 Å². The summed E-state index contributed by atoms with van der Waals surface area (Å²) in [5, 5.41) is 2.72. The van der Waals surface area contributed by atoms with Crippen molar-refractivity contribution < 1.29 is 4.79 Å². The first-order valence-corrected chi connectivity index (χ1v) is 4.27. The molecule has 1 N–H and O–H groups in total. The van der Waals surface area contributed by atoms with Gasteiger partial charge in [-0.3, -0.25) is 4.79 Å². The standard InChI is InChI=1S/C9H18NO/c1-4-7-10-9(11)6-5-8(2)3/h7-8H,4-6H2,1-3H3,(H,10,11). The van der Waals surface area contributed by atoms with Crippen LogP contribution < -0.4 is 5.32 Å². The maximum absolute atomic E-state index is 11.0. The highest BCUT2D eigenvalue weighted by Gasteiger charge is 2.01. The summed E-state index contributed by atoms with van der Waals surface area (Å²) in [4.78, 5) is 11.0. The Bertz CT molecular complexity index is 110. The maximum atomic E-state index is 11.0. The van der Waals surface area contributed by atoms with Gasteiger partial charge in [-0.25, -0.2) is 0 Å². The molecule has 0 aliphatic carbocycles. The number of carbonyl (C=O) groups is 1. The van der Waals surface area contributed by atoms with Crippen molar-refractivity contribution in [3.05, 3.63) is 6.54 Å². The Morgan fingerprint density at radius 2 is 2.18 bits per heavy atom. The lowest BCUT2D eigenvalue weighted by molar-refractivity contribution is -0.120. The molecule has 0 aromatic heterocycles. The predicted molar refractivity (Wildman–Crippen MR) is 46.8 cm³/mol. The zero-order valence-corrected chi connectivity index (χ0v) is 7.68. The van der Waals surface area contributed by atoms with Crippen LogP contribution in [0.4, 0.5) is 0 Å². The molecule has 0 saturated heterocycles. The molecule has 0 aromatic rings. The lowest BCUT2D eigenvalue weighted by atomic mass is 10.1. The molecule has 0 aliphatic heterocycles. The Balaban J connectivity index is 3.23. The van der Waals surface area contributed by atoms with Crippen molar-refractivity contribution in [2.24, 2.45) is 5.92 Å². The van der Waals surface area contributed by atoms with Crippen LogP contribution >= 0.6 is 0 Å². The summed E-state index contributed by atoms with van der Waals surface area (Å²) in [6.45, 7) is 8.04. The summed E-state index contributed by atoms with van der Waals surface area (Å²) in [7, 11) is 0. The monoisotopic (exact) mass is 156 g/mol. The number of hydrogen-bond acceptors (Lipinski definition) is 1. The Labute approximate surface area is 69.4 Å². The molecule has 2 heteroatoms. The molecule has 0 heterocycles. The Morgan fingerprint density at radius 3 is 2.64 bits per heavy atom. The smallest absolute Gasteiger partial charge is 0.220 e. The zero-order valence-electron chi connectivity index (χ0n) is 7.68. The zero-order chi connectivity index (χ0) is 8.69.